The Labute approximate surface area is 106 Å². The summed E-state index contributed by atoms with van der Waals surface area (Å²) in [5.41, 5.74) is 3.12. The van der Waals surface area contributed by atoms with Crippen molar-refractivity contribution in [2.45, 2.75) is 32.9 Å². The van der Waals surface area contributed by atoms with Crippen LogP contribution in [0.15, 0.2) is 0 Å². The summed E-state index contributed by atoms with van der Waals surface area (Å²) in [6.07, 6.45) is 0.244. The van der Waals surface area contributed by atoms with Gasteiger partial charge in [0.1, 0.15) is 0 Å². The van der Waals surface area contributed by atoms with Gasteiger partial charge in [0.2, 0.25) is 11.8 Å². The summed E-state index contributed by atoms with van der Waals surface area (Å²) in [6.45, 7) is 4.49. The van der Waals surface area contributed by atoms with Gasteiger partial charge in [0.15, 0.2) is 0 Å². The summed E-state index contributed by atoms with van der Waals surface area (Å²) < 4.78 is 1.82. The Bertz CT molecular complexity index is 506. The van der Waals surface area contributed by atoms with Crippen molar-refractivity contribution < 1.29 is 9.59 Å². The minimum atomic E-state index is -0.401. The molecule has 0 bridgehead atoms. The lowest BCUT2D eigenvalue weighted by molar-refractivity contribution is -0.137. The van der Waals surface area contributed by atoms with Crippen LogP contribution in [0.5, 0.6) is 0 Å². The van der Waals surface area contributed by atoms with E-state index in [2.05, 4.69) is 10.4 Å². The van der Waals surface area contributed by atoms with E-state index in [4.69, 9.17) is 0 Å². The van der Waals surface area contributed by atoms with Gasteiger partial charge in [0.25, 0.3) is 0 Å². The third kappa shape index (κ3) is 2.03. The normalized spacial score (nSPS) is 20.0. The summed E-state index contributed by atoms with van der Waals surface area (Å²) in [4.78, 5) is 24.3. The van der Waals surface area contributed by atoms with Gasteiger partial charge in [-0.3, -0.25) is 19.2 Å². The van der Waals surface area contributed by atoms with Crippen molar-refractivity contribution >= 4 is 11.8 Å². The minimum absolute atomic E-state index is 0.128. The molecule has 1 aliphatic heterocycles. The Balaban J connectivity index is 2.05. The molecule has 0 aliphatic carbocycles. The first-order valence-electron chi connectivity index (χ1n) is 5.94. The lowest BCUT2D eigenvalue weighted by Gasteiger charge is -2.11. The van der Waals surface area contributed by atoms with Gasteiger partial charge in [0, 0.05) is 31.9 Å². The Morgan fingerprint density at radius 1 is 1.33 bits per heavy atom. The highest BCUT2D eigenvalue weighted by molar-refractivity contribution is 6.05. The molecule has 1 N–H and O–H groups in total. The summed E-state index contributed by atoms with van der Waals surface area (Å²) in [5.74, 6) is -0.281. The van der Waals surface area contributed by atoms with Crippen LogP contribution in [-0.2, 0) is 23.2 Å². The van der Waals surface area contributed by atoms with Gasteiger partial charge in [0.05, 0.1) is 18.2 Å². The Kier molecular flexibility index (Phi) is 3.21. The maximum absolute atomic E-state index is 11.7. The molecule has 0 saturated carbocycles. The fourth-order valence-electron chi connectivity index (χ4n) is 2.21. The Hall–Kier alpha value is -1.69. The number of carbonyl (C=O) groups is 2. The molecule has 98 valence electrons. The number of nitrogens with zero attached hydrogens (tertiary/aromatic N) is 3. The average Bonchev–Trinajstić information content (AvgIpc) is 2.70. The molecule has 2 amide bonds. The van der Waals surface area contributed by atoms with E-state index in [-0.39, 0.29) is 18.2 Å². The third-order valence-corrected chi connectivity index (χ3v) is 3.57. The van der Waals surface area contributed by atoms with Gasteiger partial charge in [-0.05, 0) is 13.8 Å². The number of hydrogen-bond acceptors (Lipinski definition) is 4. The number of aryl methyl sites for hydroxylation is 2. The first kappa shape index (κ1) is 12.8. The van der Waals surface area contributed by atoms with Crippen molar-refractivity contribution in [1.82, 2.24) is 20.0 Å². The van der Waals surface area contributed by atoms with Gasteiger partial charge in [-0.15, -0.1) is 0 Å². The zero-order valence-electron chi connectivity index (χ0n) is 11.1. The van der Waals surface area contributed by atoms with Crippen LogP contribution in [0.1, 0.15) is 23.4 Å². The number of nitrogens with one attached hydrogen (secondary N) is 1. The van der Waals surface area contributed by atoms with E-state index in [0.717, 1.165) is 17.0 Å². The largest absolute Gasteiger partial charge is 0.301 e. The van der Waals surface area contributed by atoms with E-state index in [0.29, 0.717) is 6.54 Å². The first-order valence-corrected chi connectivity index (χ1v) is 5.94. The van der Waals surface area contributed by atoms with Crippen molar-refractivity contribution in [2.24, 2.45) is 7.05 Å². The second-order valence-electron chi connectivity index (χ2n) is 4.70. The van der Waals surface area contributed by atoms with Gasteiger partial charge in [-0.25, -0.2) is 0 Å². The highest BCUT2D eigenvalue weighted by Gasteiger charge is 2.35. The molecule has 1 saturated heterocycles. The molecular formula is C12H18N4O2. The molecule has 2 rings (SSSR count). The van der Waals surface area contributed by atoms with Crippen LogP contribution in [0.3, 0.4) is 0 Å². The molecular weight excluding hydrogens is 232 g/mol. The molecule has 2 heterocycles. The molecule has 0 spiro atoms. The summed E-state index contributed by atoms with van der Waals surface area (Å²) >= 11 is 0. The lowest BCUT2D eigenvalue weighted by atomic mass is 10.1. The maximum atomic E-state index is 11.7. The van der Waals surface area contributed by atoms with Crippen molar-refractivity contribution in [3.05, 3.63) is 17.0 Å². The standard InChI is InChI=1S/C12H18N4O2/c1-7-9(8(2)16(4)14-7)6-13-10-5-11(17)15(3)12(10)18/h10,13H,5-6H2,1-4H3. The van der Waals surface area contributed by atoms with E-state index in [1.807, 2.05) is 25.6 Å². The van der Waals surface area contributed by atoms with Gasteiger partial charge < -0.3 is 5.32 Å². The summed E-state index contributed by atoms with van der Waals surface area (Å²) in [7, 11) is 3.41. The number of aromatic nitrogens is 2. The lowest BCUT2D eigenvalue weighted by Crippen LogP contribution is -2.36. The first-order chi connectivity index (χ1) is 8.41. The van der Waals surface area contributed by atoms with Gasteiger partial charge in [-0.2, -0.15) is 5.10 Å². The summed E-state index contributed by atoms with van der Waals surface area (Å²) in [6, 6.07) is -0.401. The molecule has 6 nitrogen and oxygen atoms in total. The molecule has 1 aliphatic rings. The molecule has 6 heteroatoms. The fourth-order valence-corrected chi connectivity index (χ4v) is 2.21. The van der Waals surface area contributed by atoms with Crippen molar-refractivity contribution in [3.63, 3.8) is 0 Å². The predicted octanol–water partition coefficient (Wildman–Crippen LogP) is -0.116. The van der Waals surface area contributed by atoms with E-state index in [9.17, 15) is 9.59 Å². The molecule has 18 heavy (non-hydrogen) atoms. The second-order valence-corrected chi connectivity index (χ2v) is 4.70. The number of hydrogen-bond donors (Lipinski definition) is 1. The fraction of sp³-hybridized carbons (Fsp3) is 0.583. The molecule has 1 atom stereocenters. The van der Waals surface area contributed by atoms with Crippen LogP contribution in [-0.4, -0.2) is 39.6 Å². The monoisotopic (exact) mass is 250 g/mol. The quantitative estimate of drug-likeness (QED) is 0.760. The minimum Gasteiger partial charge on any atom is -0.301 e. The molecule has 1 unspecified atom stereocenters. The predicted molar refractivity (Wildman–Crippen MR) is 65.7 cm³/mol. The third-order valence-electron chi connectivity index (χ3n) is 3.57. The van der Waals surface area contributed by atoms with E-state index in [1.54, 1.807) is 0 Å². The molecule has 1 fully saturated rings. The van der Waals surface area contributed by atoms with E-state index < -0.39 is 6.04 Å². The molecule has 1 aromatic heterocycles. The second kappa shape index (κ2) is 4.53. The number of likely N-dealkylation sites (N-methyl/N-ethyl adjacent to an activating group) is 1. The highest BCUT2D eigenvalue weighted by atomic mass is 16.2. The zero-order valence-corrected chi connectivity index (χ0v) is 11.1. The number of likely N-dealkylation sites (tertiary alicyclic amines) is 1. The topological polar surface area (TPSA) is 67.2 Å². The Morgan fingerprint density at radius 2 is 2.00 bits per heavy atom. The van der Waals surface area contributed by atoms with Crippen LogP contribution < -0.4 is 5.32 Å². The van der Waals surface area contributed by atoms with Crippen LogP contribution >= 0.6 is 0 Å². The SMILES string of the molecule is Cc1nn(C)c(C)c1CNC1CC(=O)N(C)C1=O. The van der Waals surface area contributed by atoms with Crippen molar-refractivity contribution in [1.29, 1.82) is 0 Å². The number of amides is 2. The van der Waals surface area contributed by atoms with E-state index in [1.165, 1.54) is 11.9 Å². The van der Waals surface area contributed by atoms with Crippen molar-refractivity contribution in [2.75, 3.05) is 7.05 Å². The zero-order chi connectivity index (χ0) is 13.4. The van der Waals surface area contributed by atoms with E-state index >= 15 is 0 Å². The van der Waals surface area contributed by atoms with Crippen LogP contribution in [0.25, 0.3) is 0 Å². The summed E-state index contributed by atoms with van der Waals surface area (Å²) in [5, 5.41) is 7.46. The van der Waals surface area contributed by atoms with Crippen LogP contribution in [0, 0.1) is 13.8 Å². The van der Waals surface area contributed by atoms with Gasteiger partial charge in [-0.1, -0.05) is 0 Å². The molecule has 0 aromatic carbocycles. The molecule has 0 radical (unpaired) electrons. The average molecular weight is 250 g/mol. The number of rotatable bonds is 3. The number of imide groups is 1. The smallest absolute Gasteiger partial charge is 0.246 e. The maximum Gasteiger partial charge on any atom is 0.246 e. The van der Waals surface area contributed by atoms with Crippen LogP contribution in [0.4, 0.5) is 0 Å². The highest BCUT2D eigenvalue weighted by Crippen LogP contribution is 2.14. The number of carbonyl (C=O) groups excluding carboxylic acids is 2. The van der Waals surface area contributed by atoms with Crippen molar-refractivity contribution in [3.8, 4) is 0 Å². The van der Waals surface area contributed by atoms with Crippen LogP contribution in [0.2, 0.25) is 0 Å². The molecule has 1 aromatic rings. The Morgan fingerprint density at radius 3 is 2.44 bits per heavy atom. The van der Waals surface area contributed by atoms with Gasteiger partial charge >= 0.3 is 0 Å².